The Morgan fingerprint density at radius 1 is 0.632 bits per heavy atom. The summed E-state index contributed by atoms with van der Waals surface area (Å²) in [7, 11) is 0. The van der Waals surface area contributed by atoms with Crippen molar-refractivity contribution in [3.8, 4) is 29.7 Å². The smallest absolute Gasteiger partial charge is 0.130 e. The van der Waals surface area contributed by atoms with E-state index < -0.39 is 0 Å². The van der Waals surface area contributed by atoms with Crippen molar-refractivity contribution in [1.82, 2.24) is 0 Å². The second kappa shape index (κ2) is 5.36. The lowest BCUT2D eigenvalue weighted by Gasteiger charge is -2.06. The molecule has 0 N–H and O–H groups in total. The molecule has 4 heteroatoms. The Hall–Kier alpha value is -3.29. The number of ether oxygens (including phenoxy) is 1. The topological polar surface area (TPSA) is 80.6 Å². The summed E-state index contributed by atoms with van der Waals surface area (Å²) in [5, 5.41) is 26.4. The lowest BCUT2D eigenvalue weighted by Crippen LogP contribution is -1.87. The Bertz CT molecular complexity index is 696. The normalized spacial score (nSPS) is 8.89. The van der Waals surface area contributed by atoms with Crippen LogP contribution in [0.5, 0.6) is 11.5 Å². The maximum absolute atomic E-state index is 8.87. The second-order valence-electron chi connectivity index (χ2n) is 3.71. The highest BCUT2D eigenvalue weighted by atomic mass is 16.5. The van der Waals surface area contributed by atoms with E-state index in [-0.39, 0.29) is 0 Å². The van der Waals surface area contributed by atoms with E-state index in [9.17, 15) is 0 Å². The minimum absolute atomic E-state index is 0.364. The fourth-order valence-electron chi connectivity index (χ4n) is 1.52. The highest BCUT2D eigenvalue weighted by Gasteiger charge is 2.03. The van der Waals surface area contributed by atoms with E-state index in [1.807, 2.05) is 18.2 Å². The van der Waals surface area contributed by atoms with E-state index >= 15 is 0 Å². The van der Waals surface area contributed by atoms with Crippen LogP contribution in [0.3, 0.4) is 0 Å². The summed E-state index contributed by atoms with van der Waals surface area (Å²) >= 11 is 0. The molecule has 0 heterocycles. The van der Waals surface area contributed by atoms with Gasteiger partial charge in [-0.3, -0.25) is 0 Å². The molecule has 2 aromatic rings. The summed E-state index contributed by atoms with van der Waals surface area (Å²) < 4.78 is 5.55. The molecule has 0 atom stereocenters. The van der Waals surface area contributed by atoms with Gasteiger partial charge in [-0.25, -0.2) is 0 Å². The Morgan fingerprint density at radius 3 is 1.63 bits per heavy atom. The maximum atomic E-state index is 8.87. The number of nitrogens with zero attached hydrogens (tertiary/aromatic N) is 3. The van der Waals surface area contributed by atoms with Crippen molar-refractivity contribution in [3.63, 3.8) is 0 Å². The highest BCUT2D eigenvalue weighted by Crippen LogP contribution is 2.24. The third-order valence-corrected chi connectivity index (χ3v) is 2.38. The summed E-state index contributed by atoms with van der Waals surface area (Å²) in [5.74, 6) is 0.957. The van der Waals surface area contributed by atoms with Crippen molar-refractivity contribution in [2.45, 2.75) is 0 Å². The fraction of sp³-hybridized carbons (Fsp3) is 0. The molecule has 0 spiro atoms. The van der Waals surface area contributed by atoms with Gasteiger partial charge in [0, 0.05) is 0 Å². The van der Waals surface area contributed by atoms with Crippen LogP contribution in [0, 0.1) is 34.0 Å². The maximum Gasteiger partial charge on any atom is 0.130 e. The molecule has 19 heavy (non-hydrogen) atoms. The van der Waals surface area contributed by atoms with Crippen LogP contribution in [-0.2, 0) is 0 Å². The Kier molecular flexibility index (Phi) is 3.44. The first-order valence-corrected chi connectivity index (χ1v) is 5.38. The van der Waals surface area contributed by atoms with Gasteiger partial charge in [0.15, 0.2) is 0 Å². The largest absolute Gasteiger partial charge is 0.457 e. The molecule has 2 rings (SSSR count). The van der Waals surface area contributed by atoms with E-state index in [4.69, 9.17) is 20.5 Å². The van der Waals surface area contributed by atoms with Crippen molar-refractivity contribution in [3.05, 3.63) is 59.2 Å². The van der Waals surface area contributed by atoms with Crippen LogP contribution in [0.4, 0.5) is 0 Å². The quantitative estimate of drug-likeness (QED) is 0.814. The molecule has 0 unspecified atom stereocenters. The van der Waals surface area contributed by atoms with Crippen LogP contribution < -0.4 is 4.74 Å². The van der Waals surface area contributed by atoms with Crippen LogP contribution in [0.25, 0.3) is 0 Å². The molecule has 0 bridgehead atoms. The van der Waals surface area contributed by atoms with Gasteiger partial charge in [-0.05, 0) is 42.5 Å². The molecule has 88 valence electrons. The lowest BCUT2D eigenvalue weighted by molar-refractivity contribution is 0.482. The summed E-state index contributed by atoms with van der Waals surface area (Å²) in [4.78, 5) is 0. The van der Waals surface area contributed by atoms with Gasteiger partial charge in [-0.1, -0.05) is 0 Å². The Labute approximate surface area is 110 Å². The summed E-state index contributed by atoms with van der Waals surface area (Å²) in [5.41, 5.74) is 1.27. The van der Waals surface area contributed by atoms with E-state index in [2.05, 4.69) is 0 Å². The number of hydrogen-bond acceptors (Lipinski definition) is 4. The Morgan fingerprint density at radius 2 is 1.16 bits per heavy atom. The van der Waals surface area contributed by atoms with E-state index in [0.29, 0.717) is 28.2 Å². The molecule has 0 saturated heterocycles. The molecule has 0 aromatic heterocycles. The zero-order valence-electron chi connectivity index (χ0n) is 9.79. The average Bonchev–Trinajstić information content (AvgIpc) is 2.47. The molecular formula is C15H7N3O. The molecule has 0 aliphatic rings. The summed E-state index contributed by atoms with van der Waals surface area (Å²) in [6.07, 6.45) is 0. The SMILES string of the molecule is N#Cc1ccc(Oc2cc(C#N)cc(C#N)c2)cc1. The van der Waals surface area contributed by atoms with Crippen molar-refractivity contribution >= 4 is 0 Å². The van der Waals surface area contributed by atoms with Crippen molar-refractivity contribution in [2.75, 3.05) is 0 Å². The van der Waals surface area contributed by atoms with Crippen molar-refractivity contribution in [1.29, 1.82) is 15.8 Å². The van der Waals surface area contributed by atoms with E-state index in [1.54, 1.807) is 36.4 Å². The van der Waals surface area contributed by atoms with Crippen molar-refractivity contribution in [2.24, 2.45) is 0 Å². The first-order chi connectivity index (χ1) is 9.25. The highest BCUT2D eigenvalue weighted by molar-refractivity contribution is 5.47. The van der Waals surface area contributed by atoms with E-state index in [0.717, 1.165) is 0 Å². The third-order valence-electron chi connectivity index (χ3n) is 2.38. The standard InChI is InChI=1S/C15H7N3O/c16-8-11-1-3-14(4-2-11)19-15-6-12(9-17)5-13(7-15)10-18/h1-7H. The van der Waals surface area contributed by atoms with Gasteiger partial charge in [0.2, 0.25) is 0 Å². The van der Waals surface area contributed by atoms with Gasteiger partial charge in [-0.2, -0.15) is 15.8 Å². The van der Waals surface area contributed by atoms with Crippen LogP contribution in [-0.4, -0.2) is 0 Å². The van der Waals surface area contributed by atoms with Gasteiger partial charge in [0.25, 0.3) is 0 Å². The molecule has 0 fully saturated rings. The molecule has 0 radical (unpaired) electrons. The minimum atomic E-state index is 0.364. The second-order valence-corrected chi connectivity index (χ2v) is 3.71. The van der Waals surface area contributed by atoms with Gasteiger partial charge >= 0.3 is 0 Å². The monoisotopic (exact) mass is 245 g/mol. The Balaban J connectivity index is 2.30. The van der Waals surface area contributed by atoms with Crippen LogP contribution in [0.2, 0.25) is 0 Å². The van der Waals surface area contributed by atoms with Crippen molar-refractivity contribution < 1.29 is 4.74 Å². The van der Waals surface area contributed by atoms with Gasteiger partial charge in [0.1, 0.15) is 11.5 Å². The summed E-state index contributed by atoms with van der Waals surface area (Å²) in [6, 6.07) is 17.1. The van der Waals surface area contributed by atoms with Gasteiger partial charge in [0.05, 0.1) is 34.9 Å². The number of nitriles is 3. The lowest BCUT2D eigenvalue weighted by atomic mass is 10.1. The zero-order valence-corrected chi connectivity index (χ0v) is 9.79. The van der Waals surface area contributed by atoms with Crippen LogP contribution in [0.15, 0.2) is 42.5 Å². The molecular weight excluding hydrogens is 238 g/mol. The molecule has 0 amide bonds. The van der Waals surface area contributed by atoms with E-state index in [1.165, 1.54) is 6.07 Å². The van der Waals surface area contributed by atoms with Gasteiger partial charge in [-0.15, -0.1) is 0 Å². The molecule has 0 saturated carbocycles. The fourth-order valence-corrected chi connectivity index (χ4v) is 1.52. The molecule has 4 nitrogen and oxygen atoms in total. The first kappa shape index (κ1) is 12.2. The third kappa shape index (κ3) is 2.88. The van der Waals surface area contributed by atoms with Crippen LogP contribution >= 0.6 is 0 Å². The molecule has 2 aromatic carbocycles. The summed E-state index contributed by atoms with van der Waals surface area (Å²) in [6.45, 7) is 0. The number of hydrogen-bond donors (Lipinski definition) is 0. The number of benzene rings is 2. The molecule has 0 aliphatic heterocycles. The predicted octanol–water partition coefficient (Wildman–Crippen LogP) is 3.09. The van der Waals surface area contributed by atoms with Crippen LogP contribution in [0.1, 0.15) is 16.7 Å². The minimum Gasteiger partial charge on any atom is -0.457 e. The predicted molar refractivity (Wildman–Crippen MR) is 67.1 cm³/mol. The zero-order chi connectivity index (χ0) is 13.7. The van der Waals surface area contributed by atoms with Gasteiger partial charge < -0.3 is 4.74 Å². The molecule has 0 aliphatic carbocycles. The first-order valence-electron chi connectivity index (χ1n) is 5.38. The average molecular weight is 245 g/mol. The number of rotatable bonds is 2.